The second-order valence-electron chi connectivity index (χ2n) is 6.50. The fourth-order valence-electron chi connectivity index (χ4n) is 2.96. The first-order valence-corrected chi connectivity index (χ1v) is 10.7. The Balaban J connectivity index is 1.97. The number of ether oxygens (including phenoxy) is 1. The van der Waals surface area contributed by atoms with Gasteiger partial charge in [0.15, 0.2) is 0 Å². The zero-order valence-corrected chi connectivity index (χ0v) is 18.4. The third kappa shape index (κ3) is 4.92. The molecule has 0 bridgehead atoms. The molecular weight excluding hydrogens is 440 g/mol. The van der Waals surface area contributed by atoms with Crippen molar-refractivity contribution in [2.75, 3.05) is 11.9 Å². The fourth-order valence-corrected chi connectivity index (χ4v) is 4.17. The lowest BCUT2D eigenvalue weighted by atomic mass is 10.0. The summed E-state index contributed by atoms with van der Waals surface area (Å²) in [6.07, 6.45) is 0.895. The molecule has 0 aliphatic heterocycles. The van der Waals surface area contributed by atoms with Gasteiger partial charge in [0.05, 0.1) is 22.1 Å². The summed E-state index contributed by atoms with van der Waals surface area (Å²) in [7, 11) is 0. The summed E-state index contributed by atoms with van der Waals surface area (Å²) in [5, 5.41) is 15.6. The molecule has 1 amide bonds. The number of non-ortho nitro benzene ring substituents is 1. The summed E-state index contributed by atoms with van der Waals surface area (Å²) < 4.78 is 5.20. The van der Waals surface area contributed by atoms with Crippen molar-refractivity contribution in [2.45, 2.75) is 20.3 Å². The fraction of sp³-hybridized carbons (Fsp3) is 0.182. The van der Waals surface area contributed by atoms with Gasteiger partial charge in [0.25, 0.3) is 11.6 Å². The third-order valence-corrected chi connectivity index (χ3v) is 5.79. The molecule has 31 heavy (non-hydrogen) atoms. The summed E-state index contributed by atoms with van der Waals surface area (Å²) in [5.74, 6) is -1.14. The van der Waals surface area contributed by atoms with E-state index in [-0.39, 0.29) is 28.4 Å². The number of benzene rings is 2. The van der Waals surface area contributed by atoms with Crippen LogP contribution in [0.1, 0.15) is 40.1 Å². The summed E-state index contributed by atoms with van der Waals surface area (Å²) in [6.45, 7) is 3.94. The summed E-state index contributed by atoms with van der Waals surface area (Å²) in [5.41, 5.74) is 2.73. The largest absolute Gasteiger partial charge is 0.462 e. The zero-order chi connectivity index (χ0) is 22.5. The molecule has 2 aromatic carbocycles. The van der Waals surface area contributed by atoms with Crippen molar-refractivity contribution in [1.82, 2.24) is 0 Å². The number of anilines is 1. The standard InChI is InChI=1S/C22H19ClN2O5S/c1-3-13-5-7-14(8-6-13)17-12-31-21(19(17)22(27)30-4-2)24-20(26)16-10-9-15(25(28)29)11-18(16)23/h5-12H,3-4H2,1-2H3,(H,24,26). The molecule has 1 heterocycles. The molecule has 3 aromatic rings. The number of carbonyl (C=O) groups is 2. The van der Waals surface area contributed by atoms with Crippen LogP contribution in [0.5, 0.6) is 0 Å². The van der Waals surface area contributed by atoms with Crippen LogP contribution in [0.4, 0.5) is 10.7 Å². The summed E-state index contributed by atoms with van der Waals surface area (Å²) >= 11 is 7.25. The number of carbonyl (C=O) groups excluding carboxylic acids is 2. The molecule has 7 nitrogen and oxygen atoms in total. The molecular formula is C22H19ClN2O5S. The number of hydrogen-bond acceptors (Lipinski definition) is 6. The molecule has 0 spiro atoms. The molecule has 9 heteroatoms. The van der Waals surface area contributed by atoms with Crippen molar-refractivity contribution in [1.29, 1.82) is 0 Å². The first kappa shape index (κ1) is 22.5. The maximum absolute atomic E-state index is 12.8. The van der Waals surface area contributed by atoms with Gasteiger partial charge in [-0.3, -0.25) is 14.9 Å². The number of halogens is 1. The molecule has 0 saturated carbocycles. The topological polar surface area (TPSA) is 98.5 Å². The van der Waals surface area contributed by atoms with E-state index in [1.165, 1.54) is 23.5 Å². The van der Waals surface area contributed by atoms with E-state index in [1.807, 2.05) is 24.3 Å². The van der Waals surface area contributed by atoms with Gasteiger partial charge in [-0.05, 0) is 30.5 Å². The van der Waals surface area contributed by atoms with Crippen LogP contribution in [-0.4, -0.2) is 23.4 Å². The average molecular weight is 459 g/mol. The van der Waals surface area contributed by atoms with Crippen LogP contribution < -0.4 is 5.32 Å². The number of amides is 1. The van der Waals surface area contributed by atoms with Crippen molar-refractivity contribution in [3.63, 3.8) is 0 Å². The van der Waals surface area contributed by atoms with Gasteiger partial charge in [-0.15, -0.1) is 11.3 Å². The monoisotopic (exact) mass is 458 g/mol. The van der Waals surface area contributed by atoms with Crippen molar-refractivity contribution >= 4 is 45.5 Å². The molecule has 0 aliphatic carbocycles. The highest BCUT2D eigenvalue weighted by Gasteiger charge is 2.24. The number of rotatable bonds is 7. The van der Waals surface area contributed by atoms with Gasteiger partial charge in [0, 0.05) is 23.1 Å². The van der Waals surface area contributed by atoms with Crippen LogP contribution in [0.15, 0.2) is 47.8 Å². The molecule has 160 valence electrons. The molecule has 1 N–H and O–H groups in total. The Hall–Kier alpha value is -3.23. The van der Waals surface area contributed by atoms with Gasteiger partial charge in [0.1, 0.15) is 10.6 Å². The quantitative estimate of drug-likeness (QED) is 0.267. The van der Waals surface area contributed by atoms with Gasteiger partial charge in [-0.1, -0.05) is 42.8 Å². The maximum atomic E-state index is 12.8. The van der Waals surface area contributed by atoms with Crippen LogP contribution in [0, 0.1) is 10.1 Å². The highest BCUT2D eigenvalue weighted by atomic mass is 35.5. The highest BCUT2D eigenvalue weighted by Crippen LogP contribution is 2.37. The van der Waals surface area contributed by atoms with Crippen molar-refractivity contribution < 1.29 is 19.2 Å². The SMILES string of the molecule is CCOC(=O)c1c(-c2ccc(CC)cc2)csc1NC(=O)c1ccc([N+](=O)[O-])cc1Cl. The van der Waals surface area contributed by atoms with Crippen LogP contribution in [-0.2, 0) is 11.2 Å². The number of nitrogens with zero attached hydrogens (tertiary/aromatic N) is 1. The predicted molar refractivity (Wildman–Crippen MR) is 121 cm³/mol. The molecule has 0 fully saturated rings. The number of nitro benzene ring substituents is 1. The van der Waals surface area contributed by atoms with E-state index in [4.69, 9.17) is 16.3 Å². The smallest absolute Gasteiger partial charge is 0.341 e. The maximum Gasteiger partial charge on any atom is 0.341 e. The van der Waals surface area contributed by atoms with Crippen molar-refractivity contribution in [2.24, 2.45) is 0 Å². The third-order valence-electron chi connectivity index (χ3n) is 4.58. The van der Waals surface area contributed by atoms with Gasteiger partial charge in [0.2, 0.25) is 0 Å². The van der Waals surface area contributed by atoms with Gasteiger partial charge < -0.3 is 10.1 Å². The van der Waals surface area contributed by atoms with Gasteiger partial charge in [-0.2, -0.15) is 0 Å². The summed E-state index contributed by atoms with van der Waals surface area (Å²) in [6, 6.07) is 11.4. The first-order valence-electron chi connectivity index (χ1n) is 9.48. The van der Waals surface area contributed by atoms with Crippen molar-refractivity contribution in [3.05, 3.63) is 79.7 Å². The Bertz CT molecular complexity index is 1140. The number of thiophene rings is 1. The number of nitro groups is 1. The second-order valence-corrected chi connectivity index (χ2v) is 7.79. The normalized spacial score (nSPS) is 10.5. The lowest BCUT2D eigenvalue weighted by Gasteiger charge is -2.10. The van der Waals surface area contributed by atoms with Gasteiger partial charge >= 0.3 is 5.97 Å². The number of nitrogens with one attached hydrogen (secondary N) is 1. The number of hydrogen-bond donors (Lipinski definition) is 1. The van der Waals surface area contributed by atoms with Crippen LogP contribution in [0.3, 0.4) is 0 Å². The zero-order valence-electron chi connectivity index (χ0n) is 16.8. The molecule has 3 rings (SSSR count). The Kier molecular flexibility index (Phi) is 7.04. The highest BCUT2D eigenvalue weighted by molar-refractivity contribution is 7.15. The lowest BCUT2D eigenvalue weighted by molar-refractivity contribution is -0.384. The van der Waals surface area contributed by atoms with E-state index in [0.29, 0.717) is 10.6 Å². The molecule has 0 radical (unpaired) electrons. The molecule has 0 atom stereocenters. The van der Waals surface area contributed by atoms with E-state index in [9.17, 15) is 19.7 Å². The van der Waals surface area contributed by atoms with Crippen LogP contribution in [0.25, 0.3) is 11.1 Å². The molecule has 0 unspecified atom stereocenters. The van der Waals surface area contributed by atoms with Gasteiger partial charge in [-0.25, -0.2) is 4.79 Å². The minimum Gasteiger partial charge on any atom is -0.462 e. The van der Waals surface area contributed by atoms with E-state index in [1.54, 1.807) is 12.3 Å². The lowest BCUT2D eigenvalue weighted by Crippen LogP contribution is -2.15. The minimum absolute atomic E-state index is 0.0590. The van der Waals surface area contributed by atoms with E-state index < -0.39 is 16.8 Å². The average Bonchev–Trinajstić information content (AvgIpc) is 3.17. The van der Waals surface area contributed by atoms with Crippen LogP contribution in [0.2, 0.25) is 5.02 Å². The Labute approximate surface area is 187 Å². The summed E-state index contributed by atoms with van der Waals surface area (Å²) in [4.78, 5) is 35.7. The van der Waals surface area contributed by atoms with E-state index >= 15 is 0 Å². The molecule has 0 aliphatic rings. The second kappa shape index (κ2) is 9.72. The molecule has 1 aromatic heterocycles. The predicted octanol–water partition coefficient (Wildman–Crippen LogP) is 5.97. The number of esters is 1. The molecule has 0 saturated heterocycles. The minimum atomic E-state index is -0.595. The van der Waals surface area contributed by atoms with Crippen LogP contribution >= 0.6 is 22.9 Å². The van der Waals surface area contributed by atoms with Crippen molar-refractivity contribution in [3.8, 4) is 11.1 Å². The van der Waals surface area contributed by atoms with E-state index in [2.05, 4.69) is 12.2 Å². The Morgan fingerprint density at radius 1 is 1.16 bits per heavy atom. The number of aryl methyl sites for hydroxylation is 1. The Morgan fingerprint density at radius 3 is 2.45 bits per heavy atom. The van der Waals surface area contributed by atoms with E-state index in [0.717, 1.165) is 23.6 Å². The first-order chi connectivity index (χ1) is 14.8. The Morgan fingerprint density at radius 2 is 1.87 bits per heavy atom.